The second kappa shape index (κ2) is 4.57. The second-order valence-corrected chi connectivity index (χ2v) is 4.11. The molecule has 16 heavy (non-hydrogen) atoms. The maximum Gasteiger partial charge on any atom is 0.152 e. The molecule has 5 heteroatoms. The van der Waals surface area contributed by atoms with Crippen LogP contribution in [0.2, 0.25) is 0 Å². The normalized spacial score (nSPS) is 10.4. The number of nitrogens with zero attached hydrogens (tertiary/aromatic N) is 1. The maximum atomic E-state index is 13.6. The minimum Gasteiger partial charge on any atom is -0.375 e. The molecule has 0 saturated carbocycles. The van der Waals surface area contributed by atoms with Crippen LogP contribution in [0.1, 0.15) is 11.3 Å². The number of halogens is 2. The lowest BCUT2D eigenvalue weighted by Gasteiger charge is -2.08. The molecule has 84 valence electrons. The first kappa shape index (κ1) is 11.0. The Morgan fingerprint density at radius 2 is 2.19 bits per heavy atom. The number of thiazole rings is 1. The van der Waals surface area contributed by atoms with Gasteiger partial charge in [0, 0.05) is 5.38 Å². The van der Waals surface area contributed by atoms with E-state index in [1.807, 2.05) is 5.38 Å². The molecule has 0 aliphatic carbocycles. The zero-order chi connectivity index (χ0) is 11.5. The first-order chi connectivity index (χ1) is 7.68. The fraction of sp³-hybridized carbons (Fsp3) is 0.182. The Balaban J connectivity index is 2.18. The third-order valence-corrected chi connectivity index (χ3v) is 2.85. The lowest BCUT2D eigenvalue weighted by atomic mass is 10.2. The molecular weight excluding hydrogens is 230 g/mol. The molecule has 1 heterocycles. The number of aryl methyl sites for hydroxylation is 1. The Hall–Kier alpha value is -1.49. The van der Waals surface area contributed by atoms with Gasteiger partial charge in [-0.3, -0.25) is 0 Å². The van der Waals surface area contributed by atoms with Crippen molar-refractivity contribution in [2.24, 2.45) is 0 Å². The van der Waals surface area contributed by atoms with Crippen LogP contribution >= 0.6 is 11.3 Å². The molecular formula is C11H10F2N2S. The van der Waals surface area contributed by atoms with Crippen LogP contribution in [0.3, 0.4) is 0 Å². The van der Waals surface area contributed by atoms with Crippen molar-refractivity contribution in [3.63, 3.8) is 0 Å². The van der Waals surface area contributed by atoms with Gasteiger partial charge in [-0.2, -0.15) is 0 Å². The summed E-state index contributed by atoms with van der Waals surface area (Å²) in [6.45, 7) is 1.92. The molecule has 0 atom stereocenters. The van der Waals surface area contributed by atoms with Crippen molar-refractivity contribution >= 4 is 17.0 Å². The lowest BCUT2D eigenvalue weighted by Crippen LogP contribution is -2.05. The zero-order valence-corrected chi connectivity index (χ0v) is 9.44. The number of nitrogens with one attached hydrogen (secondary N) is 1. The predicted molar refractivity (Wildman–Crippen MR) is 60.5 cm³/mol. The topological polar surface area (TPSA) is 24.9 Å². The van der Waals surface area contributed by atoms with Crippen molar-refractivity contribution in [1.82, 2.24) is 4.98 Å². The summed E-state index contributed by atoms with van der Waals surface area (Å²) >= 11 is 1.45. The Morgan fingerprint density at radius 3 is 2.88 bits per heavy atom. The first-order valence-corrected chi connectivity index (χ1v) is 5.68. The monoisotopic (exact) mass is 240 g/mol. The molecule has 0 unspecified atom stereocenters. The molecule has 0 aliphatic rings. The molecule has 2 aromatic rings. The van der Waals surface area contributed by atoms with Crippen LogP contribution in [0.15, 0.2) is 23.0 Å². The van der Waals surface area contributed by atoms with Gasteiger partial charge in [0.25, 0.3) is 0 Å². The van der Waals surface area contributed by atoms with Gasteiger partial charge in [0.2, 0.25) is 0 Å². The average Bonchev–Trinajstić information content (AvgIpc) is 2.77. The summed E-state index contributed by atoms with van der Waals surface area (Å²) in [4.78, 5) is 4.02. The van der Waals surface area contributed by atoms with E-state index in [0.717, 1.165) is 5.69 Å². The molecule has 1 aromatic carbocycles. The molecule has 0 saturated heterocycles. The first-order valence-electron chi connectivity index (χ1n) is 4.74. The highest BCUT2D eigenvalue weighted by molar-refractivity contribution is 7.07. The Labute approximate surface area is 96.0 Å². The molecule has 0 bridgehead atoms. The summed E-state index contributed by atoms with van der Waals surface area (Å²) in [5, 5.41) is 4.55. The lowest BCUT2D eigenvalue weighted by molar-refractivity contribution is 0.582. The van der Waals surface area contributed by atoms with E-state index in [2.05, 4.69) is 10.3 Å². The molecule has 0 amide bonds. The number of aromatic nitrogens is 1. The van der Waals surface area contributed by atoms with Crippen LogP contribution in [0.4, 0.5) is 14.5 Å². The highest BCUT2D eigenvalue weighted by Crippen LogP contribution is 2.22. The standard InChI is InChI=1S/C11H10F2N2S/c1-7-2-3-9(12)11(10(7)13)14-4-8-5-16-6-15-8/h2-3,5-6,14H,4H2,1H3. The van der Waals surface area contributed by atoms with Crippen LogP contribution in [0.25, 0.3) is 0 Å². The largest absolute Gasteiger partial charge is 0.375 e. The SMILES string of the molecule is Cc1ccc(F)c(NCc2cscn2)c1F. The van der Waals surface area contributed by atoms with E-state index in [9.17, 15) is 8.78 Å². The van der Waals surface area contributed by atoms with Crippen molar-refractivity contribution in [1.29, 1.82) is 0 Å². The molecule has 0 fully saturated rings. The van der Waals surface area contributed by atoms with Crippen molar-refractivity contribution in [3.05, 3.63) is 45.9 Å². The van der Waals surface area contributed by atoms with E-state index in [-0.39, 0.29) is 5.69 Å². The van der Waals surface area contributed by atoms with E-state index in [1.54, 1.807) is 12.4 Å². The fourth-order valence-corrected chi connectivity index (χ4v) is 1.88. The molecule has 2 rings (SSSR count). The third kappa shape index (κ3) is 2.19. The minimum absolute atomic E-state index is 0.0898. The Kier molecular flexibility index (Phi) is 3.14. The van der Waals surface area contributed by atoms with Gasteiger partial charge in [0.05, 0.1) is 17.7 Å². The van der Waals surface area contributed by atoms with Crippen LogP contribution in [-0.4, -0.2) is 4.98 Å². The van der Waals surface area contributed by atoms with Gasteiger partial charge >= 0.3 is 0 Å². The quantitative estimate of drug-likeness (QED) is 0.890. The fourth-order valence-electron chi connectivity index (χ4n) is 1.32. The summed E-state index contributed by atoms with van der Waals surface area (Å²) < 4.78 is 26.9. The maximum absolute atomic E-state index is 13.6. The van der Waals surface area contributed by atoms with Gasteiger partial charge in [-0.05, 0) is 18.6 Å². The van der Waals surface area contributed by atoms with E-state index in [1.165, 1.54) is 23.5 Å². The van der Waals surface area contributed by atoms with Gasteiger partial charge in [-0.15, -0.1) is 11.3 Å². The third-order valence-electron chi connectivity index (χ3n) is 2.21. The summed E-state index contributed by atoms with van der Waals surface area (Å²) in [6.07, 6.45) is 0. The van der Waals surface area contributed by atoms with Crippen molar-refractivity contribution in [2.75, 3.05) is 5.32 Å². The van der Waals surface area contributed by atoms with Gasteiger partial charge in [-0.1, -0.05) is 6.07 Å². The predicted octanol–water partition coefficient (Wildman–Crippen LogP) is 3.34. The highest BCUT2D eigenvalue weighted by Gasteiger charge is 2.10. The molecule has 2 nitrogen and oxygen atoms in total. The van der Waals surface area contributed by atoms with E-state index in [0.29, 0.717) is 12.1 Å². The van der Waals surface area contributed by atoms with Gasteiger partial charge in [-0.25, -0.2) is 13.8 Å². The summed E-state index contributed by atoms with van der Waals surface area (Å²) in [5.74, 6) is -1.13. The summed E-state index contributed by atoms with van der Waals surface area (Å²) in [6, 6.07) is 2.67. The molecule has 1 aromatic heterocycles. The minimum atomic E-state index is -0.585. The number of hydrogen-bond acceptors (Lipinski definition) is 3. The van der Waals surface area contributed by atoms with E-state index in [4.69, 9.17) is 0 Å². The van der Waals surface area contributed by atoms with Crippen LogP contribution in [0.5, 0.6) is 0 Å². The van der Waals surface area contributed by atoms with Gasteiger partial charge < -0.3 is 5.32 Å². The number of anilines is 1. The number of hydrogen-bond donors (Lipinski definition) is 1. The molecule has 0 aliphatic heterocycles. The van der Waals surface area contributed by atoms with Crippen LogP contribution < -0.4 is 5.32 Å². The smallest absolute Gasteiger partial charge is 0.152 e. The Morgan fingerprint density at radius 1 is 1.38 bits per heavy atom. The number of rotatable bonds is 3. The van der Waals surface area contributed by atoms with E-state index < -0.39 is 11.6 Å². The second-order valence-electron chi connectivity index (χ2n) is 3.39. The molecule has 1 N–H and O–H groups in total. The van der Waals surface area contributed by atoms with Crippen molar-refractivity contribution in [3.8, 4) is 0 Å². The van der Waals surface area contributed by atoms with Crippen LogP contribution in [0, 0.1) is 18.6 Å². The highest BCUT2D eigenvalue weighted by atomic mass is 32.1. The van der Waals surface area contributed by atoms with Crippen molar-refractivity contribution in [2.45, 2.75) is 13.5 Å². The molecule has 0 spiro atoms. The summed E-state index contributed by atoms with van der Waals surface area (Å²) in [7, 11) is 0. The van der Waals surface area contributed by atoms with E-state index >= 15 is 0 Å². The van der Waals surface area contributed by atoms with Gasteiger partial charge in [0.15, 0.2) is 5.82 Å². The van der Waals surface area contributed by atoms with Crippen molar-refractivity contribution < 1.29 is 8.78 Å². The Bertz CT molecular complexity index is 483. The van der Waals surface area contributed by atoms with Gasteiger partial charge in [0.1, 0.15) is 11.5 Å². The average molecular weight is 240 g/mol. The molecule has 0 radical (unpaired) electrons. The van der Waals surface area contributed by atoms with Crippen LogP contribution in [-0.2, 0) is 6.54 Å². The number of benzene rings is 1. The zero-order valence-electron chi connectivity index (χ0n) is 8.63. The summed E-state index contributed by atoms with van der Waals surface area (Å²) in [5.41, 5.74) is 2.78.